The van der Waals surface area contributed by atoms with Crippen LogP contribution in [-0.4, -0.2) is 32.4 Å². The van der Waals surface area contributed by atoms with Crippen molar-refractivity contribution in [2.45, 2.75) is 26.8 Å². The molecule has 0 saturated carbocycles. The number of hydrogen-bond acceptors (Lipinski definition) is 5. The molecule has 0 unspecified atom stereocenters. The molecule has 0 fully saturated rings. The normalized spacial score (nSPS) is 10.7. The van der Waals surface area contributed by atoms with Crippen molar-refractivity contribution < 1.29 is 4.79 Å². The Labute approximate surface area is 119 Å². The van der Waals surface area contributed by atoms with Crippen molar-refractivity contribution in [2.75, 3.05) is 6.54 Å². The summed E-state index contributed by atoms with van der Waals surface area (Å²) < 4.78 is 1.63. The smallest absolute Gasteiger partial charge is 0.273 e. The monoisotopic (exact) mass is 299 g/mol. The Hall–Kier alpha value is -1.47. The minimum atomic E-state index is -0.265. The molecular formula is C11H14ClN5OS. The number of carbonyl (C=O) groups excluding carboxylic acids is 1. The van der Waals surface area contributed by atoms with Gasteiger partial charge < -0.3 is 5.32 Å². The molecular weight excluding hydrogens is 286 g/mol. The average Bonchev–Trinajstić information content (AvgIpc) is 2.95. The summed E-state index contributed by atoms with van der Waals surface area (Å²) in [5.74, 6) is -0.265. The molecule has 0 saturated heterocycles. The van der Waals surface area contributed by atoms with E-state index in [2.05, 4.69) is 20.6 Å². The largest absolute Gasteiger partial charge is 0.350 e. The summed E-state index contributed by atoms with van der Waals surface area (Å²) in [6.45, 7) is 5.00. The van der Waals surface area contributed by atoms with Gasteiger partial charge >= 0.3 is 0 Å². The van der Waals surface area contributed by atoms with E-state index >= 15 is 0 Å². The van der Waals surface area contributed by atoms with Crippen molar-refractivity contribution >= 4 is 28.8 Å². The number of nitrogens with one attached hydrogen (secondary N) is 1. The minimum absolute atomic E-state index is 0.261. The van der Waals surface area contributed by atoms with E-state index in [0.717, 1.165) is 10.0 Å². The van der Waals surface area contributed by atoms with E-state index in [1.807, 2.05) is 13.8 Å². The molecule has 2 rings (SSSR count). The molecule has 6 nitrogen and oxygen atoms in total. The summed E-state index contributed by atoms with van der Waals surface area (Å²) in [5.41, 5.74) is 0.261. The molecule has 0 aromatic carbocycles. The van der Waals surface area contributed by atoms with E-state index in [1.54, 1.807) is 10.9 Å². The Morgan fingerprint density at radius 2 is 2.32 bits per heavy atom. The van der Waals surface area contributed by atoms with E-state index in [1.165, 1.54) is 11.3 Å². The van der Waals surface area contributed by atoms with E-state index in [9.17, 15) is 4.79 Å². The van der Waals surface area contributed by atoms with Crippen molar-refractivity contribution in [2.24, 2.45) is 0 Å². The number of aromatic nitrogens is 4. The van der Waals surface area contributed by atoms with Crippen LogP contribution in [0, 0.1) is 6.92 Å². The molecule has 0 radical (unpaired) electrons. The first-order valence-electron chi connectivity index (χ1n) is 5.90. The van der Waals surface area contributed by atoms with Crippen LogP contribution in [0.15, 0.2) is 6.20 Å². The summed E-state index contributed by atoms with van der Waals surface area (Å²) in [5, 5.41) is 17.0. The van der Waals surface area contributed by atoms with Crippen molar-refractivity contribution in [3.63, 3.8) is 0 Å². The first-order chi connectivity index (χ1) is 9.10. The van der Waals surface area contributed by atoms with Gasteiger partial charge in [-0.15, -0.1) is 21.5 Å². The molecule has 0 spiro atoms. The van der Waals surface area contributed by atoms with E-state index < -0.39 is 0 Å². The molecule has 0 aliphatic heterocycles. The molecule has 0 aliphatic carbocycles. The molecule has 19 heavy (non-hydrogen) atoms. The van der Waals surface area contributed by atoms with E-state index in [-0.39, 0.29) is 11.6 Å². The maximum atomic E-state index is 11.9. The predicted octanol–water partition coefficient (Wildman–Crippen LogP) is 1.69. The number of halogens is 1. The van der Waals surface area contributed by atoms with Crippen LogP contribution in [0.1, 0.15) is 27.4 Å². The van der Waals surface area contributed by atoms with Gasteiger partial charge in [0.15, 0.2) is 5.69 Å². The van der Waals surface area contributed by atoms with Crippen LogP contribution in [0.25, 0.3) is 0 Å². The molecule has 0 atom stereocenters. The summed E-state index contributed by atoms with van der Waals surface area (Å²) in [6, 6.07) is 0. The first kappa shape index (κ1) is 14.0. The third-order valence-corrected chi connectivity index (χ3v) is 3.62. The van der Waals surface area contributed by atoms with Gasteiger partial charge in [0.1, 0.15) is 10.0 Å². The second-order valence-electron chi connectivity index (χ2n) is 3.90. The van der Waals surface area contributed by atoms with Crippen LogP contribution in [0.5, 0.6) is 0 Å². The molecule has 0 bridgehead atoms. The minimum Gasteiger partial charge on any atom is -0.350 e. The van der Waals surface area contributed by atoms with Gasteiger partial charge in [-0.25, -0.2) is 0 Å². The maximum Gasteiger partial charge on any atom is 0.273 e. The van der Waals surface area contributed by atoms with Gasteiger partial charge in [-0.2, -0.15) is 5.10 Å². The lowest BCUT2D eigenvalue weighted by Gasteiger charge is -2.01. The number of aryl methyl sites for hydroxylation is 2. The van der Waals surface area contributed by atoms with Crippen LogP contribution in [0.4, 0.5) is 0 Å². The lowest BCUT2D eigenvalue weighted by molar-refractivity contribution is 0.0948. The number of rotatable bonds is 5. The maximum absolute atomic E-state index is 11.9. The van der Waals surface area contributed by atoms with Crippen molar-refractivity contribution in [3.8, 4) is 0 Å². The van der Waals surface area contributed by atoms with Gasteiger partial charge in [-0.3, -0.25) is 9.48 Å². The zero-order valence-corrected chi connectivity index (χ0v) is 12.3. The Morgan fingerprint density at radius 1 is 1.53 bits per heavy atom. The topological polar surface area (TPSA) is 72.7 Å². The van der Waals surface area contributed by atoms with Crippen LogP contribution >= 0.6 is 22.9 Å². The lowest BCUT2D eigenvalue weighted by Crippen LogP contribution is -2.26. The quantitative estimate of drug-likeness (QED) is 0.912. The van der Waals surface area contributed by atoms with Gasteiger partial charge in [0, 0.05) is 25.7 Å². The highest BCUT2D eigenvalue weighted by Gasteiger charge is 2.14. The number of nitrogens with zero attached hydrogens (tertiary/aromatic N) is 4. The first-order valence-corrected chi connectivity index (χ1v) is 7.09. The Balaban J connectivity index is 1.88. The van der Waals surface area contributed by atoms with Gasteiger partial charge in [-0.05, 0) is 13.8 Å². The summed E-state index contributed by atoms with van der Waals surface area (Å²) in [7, 11) is 0. The second kappa shape index (κ2) is 6.12. The fraction of sp³-hybridized carbons (Fsp3) is 0.455. The predicted molar refractivity (Wildman–Crippen MR) is 73.6 cm³/mol. The van der Waals surface area contributed by atoms with Gasteiger partial charge in [-0.1, -0.05) is 11.6 Å². The van der Waals surface area contributed by atoms with E-state index in [4.69, 9.17) is 11.6 Å². The van der Waals surface area contributed by atoms with Crippen molar-refractivity contribution in [1.29, 1.82) is 0 Å². The summed E-state index contributed by atoms with van der Waals surface area (Å²) in [6.07, 6.45) is 2.30. The third kappa shape index (κ3) is 3.51. The summed E-state index contributed by atoms with van der Waals surface area (Å²) >= 11 is 7.48. The Morgan fingerprint density at radius 3 is 2.89 bits per heavy atom. The standard InChI is InChI=1S/C11H14ClN5OS/c1-3-17-6-8(12)10(16-17)11(18)13-5-4-9-15-14-7(2)19-9/h6H,3-5H2,1-2H3,(H,13,18). The van der Waals surface area contributed by atoms with Crippen molar-refractivity contribution in [3.05, 3.63) is 26.9 Å². The Kier molecular flexibility index (Phi) is 4.49. The van der Waals surface area contributed by atoms with Gasteiger partial charge in [0.2, 0.25) is 0 Å². The fourth-order valence-electron chi connectivity index (χ4n) is 1.52. The fourth-order valence-corrected chi connectivity index (χ4v) is 2.46. The zero-order valence-electron chi connectivity index (χ0n) is 10.7. The SMILES string of the molecule is CCn1cc(Cl)c(C(=O)NCCc2nnc(C)s2)n1. The van der Waals surface area contributed by atoms with E-state index in [0.29, 0.717) is 24.5 Å². The third-order valence-electron chi connectivity index (χ3n) is 2.45. The molecule has 2 aromatic rings. The number of hydrogen-bond donors (Lipinski definition) is 1. The average molecular weight is 300 g/mol. The van der Waals surface area contributed by atoms with Crippen LogP contribution in [0.3, 0.4) is 0 Å². The van der Waals surface area contributed by atoms with Gasteiger partial charge in [0.05, 0.1) is 5.02 Å². The molecule has 0 aliphatic rings. The highest BCUT2D eigenvalue weighted by atomic mass is 35.5. The second-order valence-corrected chi connectivity index (χ2v) is 5.58. The highest BCUT2D eigenvalue weighted by Crippen LogP contribution is 2.13. The summed E-state index contributed by atoms with van der Waals surface area (Å²) in [4.78, 5) is 11.9. The number of amides is 1. The molecule has 1 amide bonds. The molecule has 2 aromatic heterocycles. The number of carbonyl (C=O) groups is 1. The highest BCUT2D eigenvalue weighted by molar-refractivity contribution is 7.11. The molecule has 1 N–H and O–H groups in total. The van der Waals surface area contributed by atoms with Crippen LogP contribution < -0.4 is 5.32 Å². The molecule has 2 heterocycles. The van der Waals surface area contributed by atoms with Crippen molar-refractivity contribution in [1.82, 2.24) is 25.3 Å². The molecule has 102 valence electrons. The van der Waals surface area contributed by atoms with Crippen LogP contribution in [-0.2, 0) is 13.0 Å². The van der Waals surface area contributed by atoms with Gasteiger partial charge in [0.25, 0.3) is 5.91 Å². The zero-order chi connectivity index (χ0) is 13.8. The van der Waals surface area contributed by atoms with Crippen LogP contribution in [0.2, 0.25) is 5.02 Å². The lowest BCUT2D eigenvalue weighted by atomic mass is 10.4. The Bertz CT molecular complexity index is 579. The molecule has 8 heteroatoms.